The van der Waals surface area contributed by atoms with E-state index >= 15 is 0 Å². The van der Waals surface area contributed by atoms with Crippen LogP contribution in [0.5, 0.6) is 0 Å². The van der Waals surface area contributed by atoms with E-state index in [1.54, 1.807) is 11.3 Å². The zero-order valence-corrected chi connectivity index (χ0v) is 18.0. The Morgan fingerprint density at radius 3 is 2.76 bits per heavy atom. The summed E-state index contributed by atoms with van der Waals surface area (Å²) >= 11 is 1.62. The molecule has 3 unspecified atom stereocenters. The van der Waals surface area contributed by atoms with Crippen LogP contribution in [-0.2, 0) is 16.0 Å². The van der Waals surface area contributed by atoms with Crippen molar-refractivity contribution in [3.63, 3.8) is 0 Å². The Labute approximate surface area is 174 Å². The van der Waals surface area contributed by atoms with Gasteiger partial charge in [0, 0.05) is 37.2 Å². The van der Waals surface area contributed by atoms with Gasteiger partial charge in [-0.25, -0.2) is 4.79 Å². The fraction of sp³-hybridized carbons (Fsp3) is 0.700. The molecule has 0 bridgehead atoms. The monoisotopic (exact) mass is 420 g/mol. The Bertz CT molecular complexity index is 835. The average Bonchev–Trinajstić information content (AvgIpc) is 3.00. The molecule has 4 aliphatic rings. The molecule has 0 aliphatic carbocycles. The highest BCUT2D eigenvalue weighted by molar-refractivity contribution is 7.16. The molecule has 3 amide bonds. The quantitative estimate of drug-likeness (QED) is 0.739. The molecule has 1 aromatic rings. The zero-order chi connectivity index (χ0) is 20.3. The maximum absolute atomic E-state index is 13.5. The number of anilines is 1. The number of carbonyl (C=O) groups is 2. The van der Waals surface area contributed by atoms with Crippen LogP contribution >= 0.6 is 11.3 Å². The van der Waals surface area contributed by atoms with Crippen LogP contribution in [0.25, 0.3) is 0 Å². The summed E-state index contributed by atoms with van der Waals surface area (Å²) in [6, 6.07) is 0.0186. The molecule has 8 nitrogen and oxygen atoms in total. The van der Waals surface area contributed by atoms with Crippen molar-refractivity contribution in [3.05, 3.63) is 16.0 Å². The van der Waals surface area contributed by atoms with Gasteiger partial charge in [0.25, 0.3) is 5.91 Å². The minimum absolute atomic E-state index is 0.0308. The van der Waals surface area contributed by atoms with Crippen LogP contribution in [0.3, 0.4) is 0 Å². The van der Waals surface area contributed by atoms with Gasteiger partial charge in [0.2, 0.25) is 0 Å². The number of nitrogens with one attached hydrogen (secondary N) is 1. The minimum Gasteiger partial charge on any atom is -0.376 e. The lowest BCUT2D eigenvalue weighted by Gasteiger charge is -2.24. The molecule has 1 aromatic heterocycles. The Morgan fingerprint density at radius 2 is 2.10 bits per heavy atom. The van der Waals surface area contributed by atoms with Crippen molar-refractivity contribution in [2.75, 3.05) is 31.1 Å². The fourth-order valence-corrected chi connectivity index (χ4v) is 5.94. The summed E-state index contributed by atoms with van der Waals surface area (Å²) in [5.41, 5.74) is 1.76. The molecule has 1 N–H and O–H groups in total. The third kappa shape index (κ3) is 3.19. The van der Waals surface area contributed by atoms with Gasteiger partial charge in [0.05, 0.1) is 18.2 Å². The highest BCUT2D eigenvalue weighted by Crippen LogP contribution is 2.47. The molecule has 3 fully saturated rings. The number of epoxide rings is 1. The van der Waals surface area contributed by atoms with Gasteiger partial charge in [0.1, 0.15) is 5.00 Å². The molecule has 5 rings (SSSR count). The van der Waals surface area contributed by atoms with Gasteiger partial charge in [-0.05, 0) is 39.2 Å². The highest BCUT2D eigenvalue weighted by atomic mass is 32.1. The Kier molecular flexibility index (Phi) is 4.71. The number of nitrogens with zero attached hydrogens (tertiary/aromatic N) is 3. The molecule has 5 heterocycles. The standard InChI is InChI=1S/C20H28N4O4S/c1-11(2)24-16(25)15-12(3)14(10-22-7-6-21-20(22)26)29-19(15)23(17-18(24)28-17)9-13-5-4-8-27-13/h11,13,17-18H,4-10H2,1-3H3,(H,21,26). The van der Waals surface area contributed by atoms with Crippen molar-refractivity contribution in [2.24, 2.45) is 0 Å². The molecule has 158 valence electrons. The van der Waals surface area contributed by atoms with E-state index in [-0.39, 0.29) is 36.5 Å². The fourth-order valence-electron chi connectivity index (χ4n) is 4.60. The number of thiophene rings is 1. The van der Waals surface area contributed by atoms with E-state index in [1.165, 1.54) is 0 Å². The second-order valence-corrected chi connectivity index (χ2v) is 9.58. The van der Waals surface area contributed by atoms with E-state index < -0.39 is 0 Å². The maximum Gasteiger partial charge on any atom is 0.317 e. The number of fused-ring (bicyclic) bond motifs is 2. The van der Waals surface area contributed by atoms with Crippen LogP contribution < -0.4 is 10.2 Å². The third-order valence-corrected chi connectivity index (χ3v) is 7.54. The minimum atomic E-state index is -0.198. The van der Waals surface area contributed by atoms with Crippen LogP contribution in [0.4, 0.5) is 9.80 Å². The van der Waals surface area contributed by atoms with E-state index in [0.717, 1.165) is 47.0 Å². The first-order chi connectivity index (χ1) is 14.0. The lowest BCUT2D eigenvalue weighted by molar-refractivity contribution is 0.0600. The lowest BCUT2D eigenvalue weighted by atomic mass is 10.1. The van der Waals surface area contributed by atoms with Crippen molar-refractivity contribution in [3.8, 4) is 0 Å². The molecule has 29 heavy (non-hydrogen) atoms. The average molecular weight is 421 g/mol. The molecular weight excluding hydrogens is 392 g/mol. The summed E-state index contributed by atoms with van der Waals surface area (Å²) in [4.78, 5) is 32.6. The van der Waals surface area contributed by atoms with Crippen LogP contribution in [0.2, 0.25) is 0 Å². The predicted molar refractivity (Wildman–Crippen MR) is 109 cm³/mol. The highest BCUT2D eigenvalue weighted by Gasteiger charge is 2.55. The van der Waals surface area contributed by atoms with Crippen molar-refractivity contribution in [1.29, 1.82) is 0 Å². The molecule has 9 heteroatoms. The van der Waals surface area contributed by atoms with Crippen molar-refractivity contribution in [2.45, 2.75) is 64.8 Å². The Balaban J connectivity index is 1.52. The molecular formula is C20H28N4O4S. The second-order valence-electron chi connectivity index (χ2n) is 8.49. The molecule has 0 spiro atoms. The van der Waals surface area contributed by atoms with Crippen LogP contribution in [0, 0.1) is 6.92 Å². The van der Waals surface area contributed by atoms with Gasteiger partial charge in [0.15, 0.2) is 12.5 Å². The molecule has 0 aromatic carbocycles. The van der Waals surface area contributed by atoms with Crippen LogP contribution in [0.1, 0.15) is 47.5 Å². The summed E-state index contributed by atoms with van der Waals surface area (Å²) in [6.07, 6.45) is 1.97. The number of amides is 3. The first kappa shape index (κ1) is 19.1. The van der Waals surface area contributed by atoms with Gasteiger partial charge >= 0.3 is 6.03 Å². The van der Waals surface area contributed by atoms with Crippen molar-refractivity contribution >= 4 is 28.3 Å². The molecule has 3 saturated heterocycles. The van der Waals surface area contributed by atoms with Gasteiger partial charge in [-0.2, -0.15) is 0 Å². The topological polar surface area (TPSA) is 77.7 Å². The Morgan fingerprint density at radius 1 is 1.28 bits per heavy atom. The van der Waals surface area contributed by atoms with E-state index in [1.807, 2.05) is 30.6 Å². The van der Waals surface area contributed by atoms with Gasteiger partial charge in [-0.3, -0.25) is 4.79 Å². The van der Waals surface area contributed by atoms with Gasteiger partial charge in [-0.1, -0.05) is 0 Å². The first-order valence-corrected chi connectivity index (χ1v) is 11.3. The molecule has 0 radical (unpaired) electrons. The summed E-state index contributed by atoms with van der Waals surface area (Å²) < 4.78 is 11.9. The van der Waals surface area contributed by atoms with E-state index in [9.17, 15) is 9.59 Å². The van der Waals surface area contributed by atoms with Crippen molar-refractivity contribution in [1.82, 2.24) is 15.1 Å². The number of rotatable bonds is 5. The number of hydrogen-bond donors (Lipinski definition) is 1. The Hall–Kier alpha value is -1.84. The lowest BCUT2D eigenvalue weighted by Crippen LogP contribution is -2.41. The SMILES string of the molecule is Cc1c(CN2CCNC2=O)sc2c1C(=O)N(C(C)C)C1OC1N2CC1CCCO1. The van der Waals surface area contributed by atoms with Gasteiger partial charge in [-0.15, -0.1) is 11.3 Å². The number of hydrogen-bond acceptors (Lipinski definition) is 6. The van der Waals surface area contributed by atoms with Crippen LogP contribution in [0.15, 0.2) is 0 Å². The summed E-state index contributed by atoms with van der Waals surface area (Å²) in [5.74, 6) is 0.0308. The van der Waals surface area contributed by atoms with E-state index in [0.29, 0.717) is 19.6 Å². The maximum atomic E-state index is 13.5. The first-order valence-electron chi connectivity index (χ1n) is 10.5. The third-order valence-electron chi connectivity index (χ3n) is 6.22. The normalized spacial score (nSPS) is 28.7. The molecule has 4 aliphatic heterocycles. The predicted octanol–water partition coefficient (Wildman–Crippen LogP) is 2.11. The van der Waals surface area contributed by atoms with E-state index in [2.05, 4.69) is 10.2 Å². The molecule has 0 saturated carbocycles. The number of carbonyl (C=O) groups excluding carboxylic acids is 2. The largest absolute Gasteiger partial charge is 0.376 e. The summed E-state index contributed by atoms with van der Waals surface area (Å²) in [6.45, 7) is 9.51. The zero-order valence-electron chi connectivity index (χ0n) is 17.1. The number of urea groups is 1. The van der Waals surface area contributed by atoms with E-state index in [4.69, 9.17) is 9.47 Å². The summed E-state index contributed by atoms with van der Waals surface area (Å²) in [5, 5.41) is 3.82. The second kappa shape index (κ2) is 7.14. The summed E-state index contributed by atoms with van der Waals surface area (Å²) in [7, 11) is 0. The smallest absolute Gasteiger partial charge is 0.317 e. The molecule has 3 atom stereocenters. The van der Waals surface area contributed by atoms with Gasteiger partial charge < -0.3 is 29.5 Å². The number of ether oxygens (including phenoxy) is 2. The van der Waals surface area contributed by atoms with Crippen molar-refractivity contribution < 1.29 is 19.1 Å². The van der Waals surface area contributed by atoms with Crippen LogP contribution in [-0.4, -0.2) is 72.6 Å².